The van der Waals surface area contributed by atoms with E-state index in [1.807, 2.05) is 0 Å². The summed E-state index contributed by atoms with van der Waals surface area (Å²) >= 11 is 0. The van der Waals surface area contributed by atoms with Gasteiger partial charge in [0.2, 0.25) is 5.91 Å². The van der Waals surface area contributed by atoms with E-state index < -0.39 is 0 Å². The fourth-order valence-electron chi connectivity index (χ4n) is 2.57. The Bertz CT molecular complexity index is 413. The van der Waals surface area contributed by atoms with Gasteiger partial charge in [-0.3, -0.25) is 4.79 Å². The van der Waals surface area contributed by atoms with Gasteiger partial charge in [-0.2, -0.15) is 0 Å². The van der Waals surface area contributed by atoms with Gasteiger partial charge in [-0.1, -0.05) is 6.92 Å². The summed E-state index contributed by atoms with van der Waals surface area (Å²) in [7, 11) is 0. The number of hydrogen-bond donors (Lipinski definition) is 2. The molecule has 1 saturated heterocycles. The molecule has 2 atom stereocenters. The lowest BCUT2D eigenvalue weighted by Crippen LogP contribution is -2.34. The van der Waals surface area contributed by atoms with Crippen molar-refractivity contribution >= 4 is 11.6 Å². The zero-order valence-corrected chi connectivity index (χ0v) is 11.3. The number of piperidine rings is 1. The Labute approximate surface area is 113 Å². The molecule has 3 nitrogen and oxygen atoms in total. The molecule has 0 bridgehead atoms. The van der Waals surface area contributed by atoms with Crippen LogP contribution in [-0.2, 0) is 4.79 Å². The van der Waals surface area contributed by atoms with E-state index in [1.54, 1.807) is 12.1 Å². The maximum atomic E-state index is 12.8. The molecule has 2 unspecified atom stereocenters. The van der Waals surface area contributed by atoms with Crippen LogP contribution in [0.1, 0.15) is 26.2 Å². The number of nitrogens with one attached hydrogen (secondary N) is 2. The second-order valence-corrected chi connectivity index (χ2v) is 5.34. The zero-order chi connectivity index (χ0) is 13.7. The molecule has 4 heteroatoms. The molecule has 1 aromatic rings. The van der Waals surface area contributed by atoms with Crippen molar-refractivity contribution in [2.45, 2.75) is 26.2 Å². The molecule has 2 rings (SSSR count). The fraction of sp³-hybridized carbons (Fsp3) is 0.533. The van der Waals surface area contributed by atoms with Crippen LogP contribution in [0, 0.1) is 17.7 Å². The fourth-order valence-corrected chi connectivity index (χ4v) is 2.57. The van der Waals surface area contributed by atoms with Gasteiger partial charge < -0.3 is 10.6 Å². The van der Waals surface area contributed by atoms with Crippen LogP contribution in [0.5, 0.6) is 0 Å². The highest BCUT2D eigenvalue weighted by Gasteiger charge is 2.21. The van der Waals surface area contributed by atoms with E-state index in [-0.39, 0.29) is 11.7 Å². The largest absolute Gasteiger partial charge is 0.326 e. The van der Waals surface area contributed by atoms with Gasteiger partial charge in [0.15, 0.2) is 0 Å². The van der Waals surface area contributed by atoms with E-state index in [0.29, 0.717) is 23.9 Å². The van der Waals surface area contributed by atoms with Gasteiger partial charge in [-0.25, -0.2) is 4.39 Å². The standard InChI is InChI=1S/C15H21FN2O/c1-11(12-3-2-8-17-10-12)9-15(19)18-14-6-4-13(16)5-7-14/h4-7,11-12,17H,2-3,8-10H2,1H3,(H,18,19). The minimum atomic E-state index is -0.292. The SMILES string of the molecule is CC(CC(=O)Nc1ccc(F)cc1)C1CCCNC1. The number of carbonyl (C=O) groups excluding carboxylic acids is 1. The molecular formula is C15H21FN2O. The van der Waals surface area contributed by atoms with Gasteiger partial charge in [0.25, 0.3) is 0 Å². The first-order chi connectivity index (χ1) is 9.15. The van der Waals surface area contributed by atoms with Crippen LogP contribution in [0.3, 0.4) is 0 Å². The summed E-state index contributed by atoms with van der Waals surface area (Å²) in [6.07, 6.45) is 2.90. The first-order valence-electron chi connectivity index (χ1n) is 6.91. The molecular weight excluding hydrogens is 243 g/mol. The van der Waals surface area contributed by atoms with E-state index in [1.165, 1.54) is 25.0 Å². The monoisotopic (exact) mass is 264 g/mol. The van der Waals surface area contributed by atoms with Gasteiger partial charge in [0, 0.05) is 12.1 Å². The van der Waals surface area contributed by atoms with Gasteiger partial charge in [0.05, 0.1) is 0 Å². The van der Waals surface area contributed by atoms with E-state index in [2.05, 4.69) is 17.6 Å². The molecule has 0 spiro atoms. The number of carbonyl (C=O) groups is 1. The lowest BCUT2D eigenvalue weighted by Gasteiger charge is -2.28. The minimum absolute atomic E-state index is 0.00433. The molecule has 0 aromatic heterocycles. The third kappa shape index (κ3) is 4.31. The number of halogens is 1. The molecule has 104 valence electrons. The highest BCUT2D eigenvalue weighted by atomic mass is 19.1. The van der Waals surface area contributed by atoms with Crippen molar-refractivity contribution in [3.05, 3.63) is 30.1 Å². The van der Waals surface area contributed by atoms with Crippen LogP contribution < -0.4 is 10.6 Å². The number of amides is 1. The van der Waals surface area contributed by atoms with Gasteiger partial charge in [-0.15, -0.1) is 0 Å². The summed E-state index contributed by atoms with van der Waals surface area (Å²) in [5, 5.41) is 6.18. The summed E-state index contributed by atoms with van der Waals surface area (Å²) in [4.78, 5) is 11.9. The second kappa shape index (κ2) is 6.66. The van der Waals surface area contributed by atoms with Crippen molar-refractivity contribution < 1.29 is 9.18 Å². The Morgan fingerprint density at radius 2 is 2.21 bits per heavy atom. The number of anilines is 1. The van der Waals surface area contributed by atoms with E-state index in [0.717, 1.165) is 13.1 Å². The first kappa shape index (κ1) is 14.0. The predicted molar refractivity (Wildman–Crippen MR) is 74.4 cm³/mol. The molecule has 1 amide bonds. The maximum absolute atomic E-state index is 12.8. The summed E-state index contributed by atoms with van der Waals surface area (Å²) < 4.78 is 12.8. The molecule has 0 radical (unpaired) electrons. The predicted octanol–water partition coefficient (Wildman–Crippen LogP) is 2.79. The molecule has 19 heavy (non-hydrogen) atoms. The number of hydrogen-bond acceptors (Lipinski definition) is 2. The molecule has 1 fully saturated rings. The van der Waals surface area contributed by atoms with E-state index in [4.69, 9.17) is 0 Å². The Kier molecular flexibility index (Phi) is 4.91. The van der Waals surface area contributed by atoms with Crippen molar-refractivity contribution in [3.8, 4) is 0 Å². The molecule has 1 aromatic carbocycles. The minimum Gasteiger partial charge on any atom is -0.326 e. The van der Waals surface area contributed by atoms with Crippen LogP contribution in [0.25, 0.3) is 0 Å². The number of rotatable bonds is 4. The van der Waals surface area contributed by atoms with Crippen molar-refractivity contribution in [1.29, 1.82) is 0 Å². The summed E-state index contributed by atoms with van der Waals surface area (Å²) in [6, 6.07) is 5.87. The van der Waals surface area contributed by atoms with Crippen LogP contribution in [0.4, 0.5) is 10.1 Å². The third-order valence-corrected chi connectivity index (χ3v) is 3.78. The smallest absolute Gasteiger partial charge is 0.224 e. The first-order valence-corrected chi connectivity index (χ1v) is 6.91. The second-order valence-electron chi connectivity index (χ2n) is 5.34. The van der Waals surface area contributed by atoms with Crippen LogP contribution >= 0.6 is 0 Å². The molecule has 0 aliphatic carbocycles. The quantitative estimate of drug-likeness (QED) is 0.878. The summed E-state index contributed by atoms with van der Waals surface area (Å²) in [6.45, 7) is 4.22. The normalized spacial score (nSPS) is 20.8. The molecule has 1 aliphatic heterocycles. The van der Waals surface area contributed by atoms with Crippen molar-refractivity contribution in [2.75, 3.05) is 18.4 Å². The van der Waals surface area contributed by atoms with E-state index in [9.17, 15) is 9.18 Å². The maximum Gasteiger partial charge on any atom is 0.224 e. The molecule has 2 N–H and O–H groups in total. The highest BCUT2D eigenvalue weighted by molar-refractivity contribution is 5.90. The van der Waals surface area contributed by atoms with Crippen LogP contribution in [0.15, 0.2) is 24.3 Å². The Hall–Kier alpha value is -1.42. The molecule has 1 aliphatic rings. The van der Waals surface area contributed by atoms with Crippen LogP contribution in [0.2, 0.25) is 0 Å². The highest BCUT2D eigenvalue weighted by Crippen LogP contribution is 2.23. The van der Waals surface area contributed by atoms with Gasteiger partial charge in [-0.05, 0) is 62.0 Å². The average Bonchev–Trinajstić information content (AvgIpc) is 2.42. The van der Waals surface area contributed by atoms with Crippen molar-refractivity contribution in [1.82, 2.24) is 5.32 Å². The zero-order valence-electron chi connectivity index (χ0n) is 11.3. The Morgan fingerprint density at radius 1 is 1.47 bits per heavy atom. The Balaban J connectivity index is 1.81. The van der Waals surface area contributed by atoms with E-state index >= 15 is 0 Å². The summed E-state index contributed by atoms with van der Waals surface area (Å²) in [5.74, 6) is 0.658. The number of benzene rings is 1. The lowest BCUT2D eigenvalue weighted by molar-refractivity contribution is -0.117. The van der Waals surface area contributed by atoms with Crippen molar-refractivity contribution in [2.24, 2.45) is 11.8 Å². The van der Waals surface area contributed by atoms with Gasteiger partial charge in [0.1, 0.15) is 5.82 Å². The third-order valence-electron chi connectivity index (χ3n) is 3.78. The average molecular weight is 264 g/mol. The molecule has 1 heterocycles. The molecule has 0 saturated carbocycles. The topological polar surface area (TPSA) is 41.1 Å². The summed E-state index contributed by atoms with van der Waals surface area (Å²) in [5.41, 5.74) is 0.653. The Morgan fingerprint density at radius 3 is 2.84 bits per heavy atom. The van der Waals surface area contributed by atoms with Crippen molar-refractivity contribution in [3.63, 3.8) is 0 Å². The van der Waals surface area contributed by atoms with Gasteiger partial charge >= 0.3 is 0 Å². The van der Waals surface area contributed by atoms with Crippen LogP contribution in [-0.4, -0.2) is 19.0 Å². The lowest BCUT2D eigenvalue weighted by atomic mass is 9.85.